The van der Waals surface area contributed by atoms with Gasteiger partial charge in [-0.2, -0.15) is 0 Å². The number of rotatable bonds is 1. The van der Waals surface area contributed by atoms with Crippen LogP contribution in [0.5, 0.6) is 0 Å². The summed E-state index contributed by atoms with van der Waals surface area (Å²) in [5.74, 6) is 0.797. The normalized spacial score (nSPS) is 35.7. The number of ketones is 1. The number of Topliss-reactive ketones (excluding diaryl/α,β-unsaturated/α-hetero) is 1. The lowest BCUT2D eigenvalue weighted by molar-refractivity contribution is -0.114. The molecule has 0 amide bonds. The van der Waals surface area contributed by atoms with Gasteiger partial charge in [0.15, 0.2) is 5.78 Å². The molecule has 0 heterocycles. The molecule has 1 heteroatoms. The lowest BCUT2D eigenvalue weighted by atomic mass is 9.59. The van der Waals surface area contributed by atoms with Gasteiger partial charge in [0, 0.05) is 0 Å². The summed E-state index contributed by atoms with van der Waals surface area (Å²) in [7, 11) is 0. The molecular formula is C14H20O. The molecule has 0 aromatic heterocycles. The van der Waals surface area contributed by atoms with Crippen molar-refractivity contribution in [2.24, 2.45) is 11.3 Å². The van der Waals surface area contributed by atoms with Crippen LogP contribution in [0.4, 0.5) is 0 Å². The first-order chi connectivity index (χ1) is 7.03. The first kappa shape index (κ1) is 10.7. The van der Waals surface area contributed by atoms with Crippen molar-refractivity contribution in [3.05, 3.63) is 23.8 Å². The predicted octanol–water partition coefficient (Wildman–Crippen LogP) is 3.66. The number of carbonyl (C=O) groups excluding carboxylic acids is 1. The van der Waals surface area contributed by atoms with Gasteiger partial charge in [-0.15, -0.1) is 0 Å². The summed E-state index contributed by atoms with van der Waals surface area (Å²) in [6.45, 7) is 8.24. The maximum atomic E-state index is 11.4. The zero-order valence-electron chi connectivity index (χ0n) is 9.81. The van der Waals surface area contributed by atoms with Gasteiger partial charge in [0.05, 0.1) is 0 Å². The Bertz CT molecular complexity index is 337. The molecule has 0 spiro atoms. The van der Waals surface area contributed by atoms with E-state index in [9.17, 15) is 4.79 Å². The maximum Gasteiger partial charge on any atom is 0.155 e. The van der Waals surface area contributed by atoms with Crippen molar-refractivity contribution < 1.29 is 4.79 Å². The van der Waals surface area contributed by atoms with E-state index in [0.717, 1.165) is 24.8 Å². The average Bonchev–Trinajstić information content (AvgIpc) is 2.17. The lowest BCUT2D eigenvalue weighted by Gasteiger charge is -2.45. The summed E-state index contributed by atoms with van der Waals surface area (Å²) in [6.07, 6.45) is 7.88. The third-order valence-corrected chi connectivity index (χ3v) is 4.27. The van der Waals surface area contributed by atoms with Crippen molar-refractivity contribution in [1.82, 2.24) is 0 Å². The van der Waals surface area contributed by atoms with Gasteiger partial charge in [-0.25, -0.2) is 0 Å². The highest BCUT2D eigenvalue weighted by Gasteiger charge is 2.40. The van der Waals surface area contributed by atoms with Crippen LogP contribution in [0.15, 0.2) is 23.8 Å². The summed E-state index contributed by atoms with van der Waals surface area (Å²) < 4.78 is 0. The minimum atomic E-state index is 0.246. The smallest absolute Gasteiger partial charge is 0.155 e. The molecule has 82 valence electrons. The van der Waals surface area contributed by atoms with Crippen LogP contribution >= 0.6 is 0 Å². The molecule has 0 bridgehead atoms. The van der Waals surface area contributed by atoms with E-state index in [1.807, 2.05) is 0 Å². The largest absolute Gasteiger partial charge is 0.295 e. The minimum absolute atomic E-state index is 0.246. The van der Waals surface area contributed by atoms with Crippen molar-refractivity contribution in [2.45, 2.75) is 46.0 Å². The Morgan fingerprint density at radius 1 is 1.60 bits per heavy atom. The van der Waals surface area contributed by atoms with Gasteiger partial charge in [0.1, 0.15) is 0 Å². The van der Waals surface area contributed by atoms with E-state index in [4.69, 9.17) is 0 Å². The molecule has 1 fully saturated rings. The van der Waals surface area contributed by atoms with Crippen LogP contribution in [0.3, 0.4) is 0 Å². The summed E-state index contributed by atoms with van der Waals surface area (Å²) >= 11 is 0. The number of hydrogen-bond acceptors (Lipinski definition) is 1. The van der Waals surface area contributed by atoms with E-state index in [0.29, 0.717) is 11.3 Å². The Balaban J connectivity index is 2.27. The Morgan fingerprint density at radius 3 is 3.00 bits per heavy atom. The van der Waals surface area contributed by atoms with Crippen LogP contribution in [0.2, 0.25) is 0 Å². The van der Waals surface area contributed by atoms with Crippen LogP contribution in [0.25, 0.3) is 0 Å². The summed E-state index contributed by atoms with van der Waals surface area (Å²) in [4.78, 5) is 11.4. The molecule has 0 N–H and O–H groups in total. The molecule has 2 aliphatic carbocycles. The van der Waals surface area contributed by atoms with E-state index < -0.39 is 0 Å². The lowest BCUT2D eigenvalue weighted by Crippen LogP contribution is -2.35. The molecule has 1 unspecified atom stereocenters. The number of allylic oxidation sites excluding steroid dienone is 3. The molecule has 2 atom stereocenters. The van der Waals surface area contributed by atoms with Gasteiger partial charge in [0.25, 0.3) is 0 Å². The molecule has 1 nitrogen and oxygen atoms in total. The number of fused-ring (bicyclic) bond motifs is 1. The molecule has 0 saturated heterocycles. The van der Waals surface area contributed by atoms with Gasteiger partial charge in [0.2, 0.25) is 0 Å². The molecule has 2 rings (SSSR count). The van der Waals surface area contributed by atoms with Crippen molar-refractivity contribution in [1.29, 1.82) is 0 Å². The van der Waals surface area contributed by atoms with Gasteiger partial charge < -0.3 is 0 Å². The third kappa shape index (κ3) is 1.80. The highest BCUT2D eigenvalue weighted by atomic mass is 16.1. The van der Waals surface area contributed by atoms with Crippen molar-refractivity contribution in [3.8, 4) is 0 Å². The Kier molecular flexibility index (Phi) is 2.57. The van der Waals surface area contributed by atoms with Crippen LogP contribution < -0.4 is 0 Å². The topological polar surface area (TPSA) is 17.1 Å². The average molecular weight is 204 g/mol. The van der Waals surface area contributed by atoms with E-state index in [-0.39, 0.29) is 5.78 Å². The van der Waals surface area contributed by atoms with E-state index in [1.54, 1.807) is 6.92 Å². The molecule has 0 aromatic rings. The molecule has 15 heavy (non-hydrogen) atoms. The van der Waals surface area contributed by atoms with Crippen LogP contribution in [0.1, 0.15) is 46.0 Å². The van der Waals surface area contributed by atoms with Gasteiger partial charge in [-0.3, -0.25) is 4.79 Å². The second-order valence-corrected chi connectivity index (χ2v) is 5.41. The summed E-state index contributed by atoms with van der Waals surface area (Å²) in [5.41, 5.74) is 2.78. The summed E-state index contributed by atoms with van der Waals surface area (Å²) in [6, 6.07) is 0. The second-order valence-electron chi connectivity index (χ2n) is 5.41. The zero-order chi connectivity index (χ0) is 11.1. The zero-order valence-corrected chi connectivity index (χ0v) is 9.81. The standard InChI is InChI=1S/C14H20O/c1-10-5-4-7-14(3)8-6-12(11(2)15)9-13(10)14/h6,13H,1,4-5,7-9H2,2-3H3/t13?,14-/m0/s1. The Morgan fingerprint density at radius 2 is 2.33 bits per heavy atom. The SMILES string of the molecule is C=C1CCC[C@@]2(C)CC=C(C(C)=O)CC12. The van der Waals surface area contributed by atoms with Crippen LogP contribution in [-0.4, -0.2) is 5.78 Å². The molecule has 1 saturated carbocycles. The summed E-state index contributed by atoms with van der Waals surface area (Å²) in [5, 5.41) is 0. The van der Waals surface area contributed by atoms with Gasteiger partial charge in [-0.05, 0) is 55.9 Å². The molecule has 2 aliphatic rings. The first-order valence-electron chi connectivity index (χ1n) is 5.90. The third-order valence-electron chi connectivity index (χ3n) is 4.27. The fraction of sp³-hybridized carbons (Fsp3) is 0.643. The minimum Gasteiger partial charge on any atom is -0.295 e. The maximum absolute atomic E-state index is 11.4. The number of hydrogen-bond donors (Lipinski definition) is 0. The number of carbonyl (C=O) groups is 1. The quantitative estimate of drug-likeness (QED) is 0.596. The van der Waals surface area contributed by atoms with Crippen LogP contribution in [-0.2, 0) is 4.79 Å². The molecule has 0 aliphatic heterocycles. The Labute approximate surface area is 92.3 Å². The fourth-order valence-corrected chi connectivity index (χ4v) is 3.14. The fourth-order valence-electron chi connectivity index (χ4n) is 3.14. The van der Waals surface area contributed by atoms with E-state index in [2.05, 4.69) is 19.6 Å². The Hall–Kier alpha value is -0.850. The highest BCUT2D eigenvalue weighted by molar-refractivity contribution is 5.93. The van der Waals surface area contributed by atoms with Crippen molar-refractivity contribution >= 4 is 5.78 Å². The first-order valence-corrected chi connectivity index (χ1v) is 5.90. The monoisotopic (exact) mass is 204 g/mol. The van der Waals surface area contributed by atoms with E-state index in [1.165, 1.54) is 18.4 Å². The predicted molar refractivity (Wildman–Crippen MR) is 62.6 cm³/mol. The molecular weight excluding hydrogens is 184 g/mol. The molecule has 0 aromatic carbocycles. The molecule has 0 radical (unpaired) electrons. The van der Waals surface area contributed by atoms with Gasteiger partial charge >= 0.3 is 0 Å². The second kappa shape index (κ2) is 3.62. The van der Waals surface area contributed by atoms with Crippen molar-refractivity contribution in [3.63, 3.8) is 0 Å². The van der Waals surface area contributed by atoms with E-state index >= 15 is 0 Å². The van der Waals surface area contributed by atoms with Crippen molar-refractivity contribution in [2.75, 3.05) is 0 Å². The van der Waals surface area contributed by atoms with Crippen LogP contribution in [0, 0.1) is 11.3 Å². The highest BCUT2D eigenvalue weighted by Crippen LogP contribution is 2.51. The van der Waals surface area contributed by atoms with Gasteiger partial charge in [-0.1, -0.05) is 25.2 Å².